The van der Waals surface area contributed by atoms with Crippen LogP contribution in [0.4, 0.5) is 10.3 Å². The normalized spacial score (nSPS) is 15.7. The third-order valence-corrected chi connectivity index (χ3v) is 6.13. The third kappa shape index (κ3) is 6.42. The maximum atomic E-state index is 14.0. The van der Waals surface area contributed by atoms with Gasteiger partial charge in [-0.2, -0.15) is 4.98 Å². The summed E-state index contributed by atoms with van der Waals surface area (Å²) in [5, 5.41) is 4.08. The molecule has 0 N–H and O–H groups in total. The topological polar surface area (TPSA) is 85.5 Å². The second-order valence-corrected chi connectivity index (χ2v) is 10.5. The fraction of sp³-hybridized carbons (Fsp3) is 0.619. The lowest BCUT2D eigenvalue weighted by Crippen LogP contribution is -2.34. The zero-order valence-corrected chi connectivity index (χ0v) is 18.6. The molecule has 1 saturated heterocycles. The van der Waals surface area contributed by atoms with Crippen molar-refractivity contribution in [3.63, 3.8) is 0 Å². The van der Waals surface area contributed by atoms with Crippen molar-refractivity contribution in [3.05, 3.63) is 35.5 Å². The predicted molar refractivity (Wildman–Crippen MR) is 113 cm³/mol. The van der Waals surface area contributed by atoms with Gasteiger partial charge < -0.3 is 14.2 Å². The first-order chi connectivity index (χ1) is 14.2. The van der Waals surface area contributed by atoms with E-state index in [1.807, 2.05) is 13.8 Å². The number of benzene rings is 1. The average molecular weight is 440 g/mol. The Morgan fingerprint density at radius 1 is 1.30 bits per heavy atom. The minimum Gasteiger partial charge on any atom is -0.493 e. The molecule has 0 spiro atoms. The van der Waals surface area contributed by atoms with Gasteiger partial charge in [0.2, 0.25) is 5.89 Å². The number of ether oxygens (including phenoxy) is 1. The van der Waals surface area contributed by atoms with Crippen LogP contribution in [-0.4, -0.2) is 44.5 Å². The molecule has 166 valence electrons. The standard InChI is InChI=1S/C21H30FN3O4S/c1-15(2)20-23-21(24-29-20)25-10-8-16(9-11-25)5-4-12-28-18-7-6-17(19(22)13-18)14-30(3,26)27/h6-7,13,15-16H,4-5,8-12,14H2,1-3H3. The molecular formula is C21H30FN3O4S. The van der Waals surface area contributed by atoms with Gasteiger partial charge in [0.05, 0.1) is 12.4 Å². The summed E-state index contributed by atoms with van der Waals surface area (Å²) >= 11 is 0. The van der Waals surface area contributed by atoms with Crippen molar-refractivity contribution in [1.82, 2.24) is 10.1 Å². The lowest BCUT2D eigenvalue weighted by Gasteiger charge is -2.30. The van der Waals surface area contributed by atoms with E-state index in [-0.39, 0.29) is 17.2 Å². The molecule has 9 heteroatoms. The van der Waals surface area contributed by atoms with Crippen LogP contribution in [0.15, 0.2) is 22.7 Å². The van der Waals surface area contributed by atoms with E-state index >= 15 is 0 Å². The van der Waals surface area contributed by atoms with Crippen LogP contribution in [0.1, 0.15) is 56.9 Å². The molecule has 1 aliphatic rings. The van der Waals surface area contributed by atoms with E-state index in [9.17, 15) is 12.8 Å². The number of anilines is 1. The Labute approximate surface area is 177 Å². The van der Waals surface area contributed by atoms with Gasteiger partial charge in [0, 0.05) is 36.9 Å². The van der Waals surface area contributed by atoms with E-state index in [1.165, 1.54) is 12.1 Å². The second-order valence-electron chi connectivity index (χ2n) is 8.33. The third-order valence-electron chi connectivity index (χ3n) is 5.29. The average Bonchev–Trinajstić information content (AvgIpc) is 3.17. The van der Waals surface area contributed by atoms with Gasteiger partial charge in [-0.25, -0.2) is 12.8 Å². The second kappa shape index (κ2) is 9.76. The van der Waals surface area contributed by atoms with Gasteiger partial charge in [-0.3, -0.25) is 0 Å². The molecule has 0 atom stereocenters. The molecule has 1 aliphatic heterocycles. The summed E-state index contributed by atoms with van der Waals surface area (Å²) < 4.78 is 47.6. The molecule has 30 heavy (non-hydrogen) atoms. The minimum atomic E-state index is -3.27. The first kappa shape index (κ1) is 22.5. The van der Waals surface area contributed by atoms with Crippen molar-refractivity contribution in [2.75, 3.05) is 30.9 Å². The predicted octanol–water partition coefficient (Wildman–Crippen LogP) is 3.95. The molecule has 0 amide bonds. The quantitative estimate of drug-likeness (QED) is 0.547. The molecule has 0 radical (unpaired) electrons. The van der Waals surface area contributed by atoms with E-state index < -0.39 is 15.7 Å². The summed E-state index contributed by atoms with van der Waals surface area (Å²) in [6, 6.07) is 4.36. The van der Waals surface area contributed by atoms with Crippen LogP contribution in [-0.2, 0) is 15.6 Å². The van der Waals surface area contributed by atoms with Crippen molar-refractivity contribution in [2.24, 2.45) is 5.92 Å². The number of piperidine rings is 1. The van der Waals surface area contributed by atoms with E-state index in [0.29, 0.717) is 30.1 Å². The fourth-order valence-corrected chi connectivity index (χ4v) is 4.39. The Balaban J connectivity index is 1.38. The Kier molecular flexibility index (Phi) is 7.33. The van der Waals surface area contributed by atoms with Gasteiger partial charge in [0.1, 0.15) is 11.6 Å². The Morgan fingerprint density at radius 3 is 2.63 bits per heavy atom. The molecule has 0 bridgehead atoms. The van der Waals surface area contributed by atoms with Crippen LogP contribution < -0.4 is 9.64 Å². The summed E-state index contributed by atoms with van der Waals surface area (Å²) in [6.45, 7) is 6.40. The number of hydrogen-bond acceptors (Lipinski definition) is 7. The van der Waals surface area contributed by atoms with Crippen molar-refractivity contribution in [1.29, 1.82) is 0 Å². The molecule has 3 rings (SSSR count). The van der Waals surface area contributed by atoms with E-state index in [1.54, 1.807) is 6.07 Å². The number of rotatable bonds is 9. The largest absolute Gasteiger partial charge is 0.493 e. The van der Waals surface area contributed by atoms with Crippen LogP contribution in [0.3, 0.4) is 0 Å². The molecule has 0 aliphatic carbocycles. The lowest BCUT2D eigenvalue weighted by atomic mass is 9.92. The van der Waals surface area contributed by atoms with Crippen LogP contribution in [0.25, 0.3) is 0 Å². The lowest BCUT2D eigenvalue weighted by molar-refractivity contribution is 0.277. The molecule has 7 nitrogen and oxygen atoms in total. The SMILES string of the molecule is CC(C)c1nc(N2CCC(CCCOc3ccc(CS(C)(=O)=O)c(F)c3)CC2)no1. The van der Waals surface area contributed by atoms with Gasteiger partial charge in [0.15, 0.2) is 9.84 Å². The highest BCUT2D eigenvalue weighted by Gasteiger charge is 2.23. The van der Waals surface area contributed by atoms with Crippen molar-refractivity contribution in [2.45, 2.75) is 51.2 Å². The summed E-state index contributed by atoms with van der Waals surface area (Å²) in [7, 11) is -3.27. The van der Waals surface area contributed by atoms with Crippen molar-refractivity contribution in [3.8, 4) is 5.75 Å². The monoisotopic (exact) mass is 439 g/mol. The minimum absolute atomic E-state index is 0.165. The van der Waals surface area contributed by atoms with Crippen LogP contribution in [0, 0.1) is 11.7 Å². The summed E-state index contributed by atoms with van der Waals surface area (Å²) in [6.07, 6.45) is 5.16. The smallest absolute Gasteiger partial charge is 0.266 e. The van der Waals surface area contributed by atoms with Gasteiger partial charge >= 0.3 is 0 Å². The highest BCUT2D eigenvalue weighted by molar-refractivity contribution is 7.89. The molecule has 0 saturated carbocycles. The van der Waals surface area contributed by atoms with Crippen LogP contribution >= 0.6 is 0 Å². The summed E-state index contributed by atoms with van der Waals surface area (Å²) in [5.74, 6) is 1.78. The molecule has 0 unspecified atom stereocenters. The molecule has 2 heterocycles. The summed E-state index contributed by atoms with van der Waals surface area (Å²) in [5.41, 5.74) is 0.165. The molecule has 1 aromatic carbocycles. The maximum Gasteiger partial charge on any atom is 0.266 e. The van der Waals surface area contributed by atoms with Gasteiger partial charge in [0.25, 0.3) is 5.95 Å². The highest BCUT2D eigenvalue weighted by Crippen LogP contribution is 2.26. The zero-order valence-electron chi connectivity index (χ0n) is 17.8. The van der Waals surface area contributed by atoms with Gasteiger partial charge in [-0.05, 0) is 42.8 Å². The van der Waals surface area contributed by atoms with E-state index in [0.717, 1.165) is 45.0 Å². The van der Waals surface area contributed by atoms with Crippen molar-refractivity contribution < 1.29 is 22.1 Å². The first-order valence-corrected chi connectivity index (χ1v) is 12.4. The van der Waals surface area contributed by atoms with Gasteiger partial charge in [-0.15, -0.1) is 0 Å². The number of nitrogens with zero attached hydrogens (tertiary/aromatic N) is 3. The van der Waals surface area contributed by atoms with Crippen LogP contribution in [0.5, 0.6) is 5.75 Å². The molecule has 1 aromatic heterocycles. The van der Waals surface area contributed by atoms with Crippen LogP contribution in [0.2, 0.25) is 0 Å². The number of aromatic nitrogens is 2. The molecular weight excluding hydrogens is 409 g/mol. The first-order valence-electron chi connectivity index (χ1n) is 10.4. The number of halogens is 1. The van der Waals surface area contributed by atoms with E-state index in [4.69, 9.17) is 9.26 Å². The van der Waals surface area contributed by atoms with Gasteiger partial charge in [-0.1, -0.05) is 19.9 Å². The maximum absolute atomic E-state index is 14.0. The Bertz CT molecular complexity index is 937. The van der Waals surface area contributed by atoms with E-state index in [2.05, 4.69) is 15.0 Å². The zero-order chi connectivity index (χ0) is 21.7. The summed E-state index contributed by atoms with van der Waals surface area (Å²) in [4.78, 5) is 6.63. The molecule has 2 aromatic rings. The number of sulfone groups is 1. The highest BCUT2D eigenvalue weighted by atomic mass is 32.2. The Morgan fingerprint density at radius 2 is 2.03 bits per heavy atom. The van der Waals surface area contributed by atoms with Crippen molar-refractivity contribution >= 4 is 15.8 Å². The fourth-order valence-electron chi connectivity index (χ4n) is 3.59. The number of hydrogen-bond donors (Lipinski definition) is 0. The Hall–Kier alpha value is -2.16. The molecule has 1 fully saturated rings.